The summed E-state index contributed by atoms with van der Waals surface area (Å²) >= 11 is 2.25. The first kappa shape index (κ1) is 18.2. The summed E-state index contributed by atoms with van der Waals surface area (Å²) in [5.41, 5.74) is 4.06. The summed E-state index contributed by atoms with van der Waals surface area (Å²) in [4.78, 5) is 13.6. The molecule has 0 aliphatic carbocycles. The summed E-state index contributed by atoms with van der Waals surface area (Å²) in [6.45, 7) is 3.10. The minimum absolute atomic E-state index is 0.252. The Kier molecular flexibility index (Phi) is 5.06. The molecule has 1 heterocycles. The number of alkyl halides is 3. The lowest BCUT2D eigenvalue weighted by atomic mass is 10.00. The summed E-state index contributed by atoms with van der Waals surface area (Å²) in [5.74, 6) is -0.252. The Morgan fingerprint density at radius 2 is 1.96 bits per heavy atom. The molecule has 7 heteroatoms. The predicted octanol–water partition coefficient (Wildman–Crippen LogP) is 4.75. The Morgan fingerprint density at radius 3 is 2.56 bits per heavy atom. The van der Waals surface area contributed by atoms with E-state index in [-0.39, 0.29) is 11.8 Å². The van der Waals surface area contributed by atoms with E-state index in [1.807, 2.05) is 17.9 Å². The van der Waals surface area contributed by atoms with Crippen molar-refractivity contribution in [2.24, 2.45) is 0 Å². The summed E-state index contributed by atoms with van der Waals surface area (Å²) in [7, 11) is 0. The van der Waals surface area contributed by atoms with Crippen LogP contribution in [-0.4, -0.2) is 17.5 Å². The van der Waals surface area contributed by atoms with E-state index in [0.717, 1.165) is 32.1 Å². The molecule has 0 radical (unpaired) electrons. The fourth-order valence-electron chi connectivity index (χ4n) is 3.22. The molecule has 132 valence electrons. The number of rotatable bonds is 4. The summed E-state index contributed by atoms with van der Waals surface area (Å²) < 4.78 is 41.7. The van der Waals surface area contributed by atoms with E-state index in [1.54, 1.807) is 12.1 Å². The second kappa shape index (κ2) is 6.95. The van der Waals surface area contributed by atoms with Crippen LogP contribution in [0.4, 0.5) is 13.2 Å². The highest BCUT2D eigenvalue weighted by molar-refractivity contribution is 14.1. The van der Waals surface area contributed by atoms with Crippen molar-refractivity contribution in [1.29, 1.82) is 0 Å². The van der Waals surface area contributed by atoms with Gasteiger partial charge in [-0.3, -0.25) is 4.90 Å². The maximum Gasteiger partial charge on any atom is 0.573 e. The topological polar surface area (TPSA) is 29.5 Å². The molecule has 0 spiro atoms. The number of ether oxygens (including phenoxy) is 1. The van der Waals surface area contributed by atoms with Crippen molar-refractivity contribution in [2.75, 3.05) is 0 Å². The Hall–Kier alpha value is -1.61. The van der Waals surface area contributed by atoms with Crippen LogP contribution in [0.1, 0.15) is 28.3 Å². The van der Waals surface area contributed by atoms with Gasteiger partial charge in [-0.05, 0) is 76.0 Å². The molecule has 1 aliphatic heterocycles. The third-order valence-corrected chi connectivity index (χ3v) is 4.79. The van der Waals surface area contributed by atoms with Crippen LogP contribution in [0.5, 0.6) is 5.75 Å². The van der Waals surface area contributed by atoms with E-state index in [2.05, 4.69) is 33.4 Å². The van der Waals surface area contributed by atoms with Crippen molar-refractivity contribution in [3.05, 3.63) is 62.2 Å². The van der Waals surface area contributed by atoms with E-state index in [4.69, 9.17) is 0 Å². The third kappa shape index (κ3) is 4.14. The Balaban J connectivity index is 1.77. The molecule has 25 heavy (non-hydrogen) atoms. The number of fused-ring (bicyclic) bond motifs is 1. The maximum atomic E-state index is 12.2. The van der Waals surface area contributed by atoms with Crippen LogP contribution in [0.25, 0.3) is 0 Å². The van der Waals surface area contributed by atoms with Crippen LogP contribution in [0.3, 0.4) is 0 Å². The molecule has 2 aromatic carbocycles. The van der Waals surface area contributed by atoms with E-state index in [9.17, 15) is 18.0 Å². The number of aldehydes is 1. The number of benzene rings is 2. The van der Waals surface area contributed by atoms with Crippen LogP contribution in [0.15, 0.2) is 36.4 Å². The first-order chi connectivity index (χ1) is 11.8. The minimum Gasteiger partial charge on any atom is -0.406 e. The molecule has 0 bridgehead atoms. The van der Waals surface area contributed by atoms with Crippen molar-refractivity contribution in [3.63, 3.8) is 0 Å². The number of carbonyl (C=O) groups is 1. The van der Waals surface area contributed by atoms with Gasteiger partial charge in [-0.15, -0.1) is 13.2 Å². The zero-order valence-corrected chi connectivity index (χ0v) is 15.5. The number of halogens is 4. The molecular weight excluding hydrogens is 446 g/mol. The molecule has 0 saturated heterocycles. The number of hydrogen-bond acceptors (Lipinski definition) is 3. The number of nitrogens with zero attached hydrogens (tertiary/aromatic N) is 1. The standard InChI is InChI=1S/C18H15F3INO2/c1-11-6-14(22)7-13-9-23(16(10-24)17(11)13)8-12-2-4-15(5-3-12)25-18(19,20)21/h2-7,10,16H,8-9H2,1H3. The van der Waals surface area contributed by atoms with E-state index in [1.165, 1.54) is 12.1 Å². The van der Waals surface area contributed by atoms with Crippen LogP contribution >= 0.6 is 22.6 Å². The van der Waals surface area contributed by atoms with Gasteiger partial charge < -0.3 is 9.53 Å². The van der Waals surface area contributed by atoms with Gasteiger partial charge in [0.15, 0.2) is 0 Å². The number of hydrogen-bond donors (Lipinski definition) is 0. The first-order valence-electron chi connectivity index (χ1n) is 7.60. The van der Waals surface area contributed by atoms with Crippen molar-refractivity contribution in [3.8, 4) is 5.75 Å². The van der Waals surface area contributed by atoms with Crippen LogP contribution in [0.2, 0.25) is 0 Å². The van der Waals surface area contributed by atoms with Gasteiger partial charge in [0.2, 0.25) is 0 Å². The monoisotopic (exact) mass is 461 g/mol. The zero-order chi connectivity index (χ0) is 18.2. The fraction of sp³-hybridized carbons (Fsp3) is 0.278. The van der Waals surface area contributed by atoms with Crippen molar-refractivity contribution < 1.29 is 22.7 Å². The molecule has 0 amide bonds. The molecule has 0 fully saturated rings. The quantitative estimate of drug-likeness (QED) is 0.486. The van der Waals surface area contributed by atoms with Gasteiger partial charge in [0, 0.05) is 16.7 Å². The molecule has 0 N–H and O–H groups in total. The average Bonchev–Trinajstić information content (AvgIpc) is 2.85. The molecular formula is C18H15F3INO2. The van der Waals surface area contributed by atoms with Gasteiger partial charge in [-0.1, -0.05) is 12.1 Å². The molecule has 2 aromatic rings. The van der Waals surface area contributed by atoms with Gasteiger partial charge in [0.25, 0.3) is 0 Å². The Labute approximate surface area is 156 Å². The smallest absolute Gasteiger partial charge is 0.406 e. The number of carbonyl (C=O) groups excluding carboxylic acids is 1. The van der Waals surface area contributed by atoms with Gasteiger partial charge in [-0.25, -0.2) is 0 Å². The minimum atomic E-state index is -4.70. The predicted molar refractivity (Wildman–Crippen MR) is 95.1 cm³/mol. The average molecular weight is 461 g/mol. The molecule has 0 saturated carbocycles. The highest BCUT2D eigenvalue weighted by Crippen LogP contribution is 2.37. The van der Waals surface area contributed by atoms with Crippen LogP contribution in [0, 0.1) is 10.5 Å². The van der Waals surface area contributed by atoms with Crippen molar-refractivity contribution in [1.82, 2.24) is 4.90 Å². The van der Waals surface area contributed by atoms with Crippen LogP contribution in [-0.2, 0) is 17.9 Å². The summed E-state index contributed by atoms with van der Waals surface area (Å²) in [6.07, 6.45) is -3.78. The molecule has 1 aliphatic rings. The third-order valence-electron chi connectivity index (χ3n) is 4.17. The largest absolute Gasteiger partial charge is 0.573 e. The van der Waals surface area contributed by atoms with E-state index < -0.39 is 6.36 Å². The highest BCUT2D eigenvalue weighted by atomic mass is 127. The highest BCUT2D eigenvalue weighted by Gasteiger charge is 2.32. The zero-order valence-electron chi connectivity index (χ0n) is 13.3. The number of aryl methyl sites for hydroxylation is 1. The molecule has 0 aromatic heterocycles. The lowest BCUT2D eigenvalue weighted by Gasteiger charge is -2.21. The lowest BCUT2D eigenvalue weighted by Crippen LogP contribution is -2.23. The summed E-state index contributed by atoms with van der Waals surface area (Å²) in [5, 5.41) is 0. The lowest BCUT2D eigenvalue weighted by molar-refractivity contribution is -0.274. The SMILES string of the molecule is Cc1cc(I)cc2c1C(C=O)N(Cc1ccc(OC(F)(F)F)cc1)C2. The van der Waals surface area contributed by atoms with Crippen molar-refractivity contribution >= 4 is 28.9 Å². The van der Waals surface area contributed by atoms with Gasteiger partial charge in [0.1, 0.15) is 12.0 Å². The van der Waals surface area contributed by atoms with Crippen molar-refractivity contribution in [2.45, 2.75) is 32.4 Å². The van der Waals surface area contributed by atoms with Gasteiger partial charge >= 0.3 is 6.36 Å². The Morgan fingerprint density at radius 1 is 1.28 bits per heavy atom. The van der Waals surface area contributed by atoms with Gasteiger partial charge in [-0.2, -0.15) is 0 Å². The molecule has 1 unspecified atom stereocenters. The fourth-order valence-corrected chi connectivity index (χ4v) is 4.06. The molecule has 3 nitrogen and oxygen atoms in total. The van der Waals surface area contributed by atoms with E-state index in [0.29, 0.717) is 13.1 Å². The normalized spacial score (nSPS) is 17.4. The summed E-state index contributed by atoms with van der Waals surface area (Å²) in [6, 6.07) is 9.53. The molecule has 1 atom stereocenters. The van der Waals surface area contributed by atoms with Crippen LogP contribution < -0.4 is 4.74 Å². The first-order valence-corrected chi connectivity index (χ1v) is 8.67. The second-order valence-electron chi connectivity index (χ2n) is 5.97. The molecule has 3 rings (SSSR count). The Bertz CT molecular complexity index is 790. The van der Waals surface area contributed by atoms with Gasteiger partial charge in [0.05, 0.1) is 6.04 Å². The second-order valence-corrected chi connectivity index (χ2v) is 7.22. The maximum absolute atomic E-state index is 12.2. The van der Waals surface area contributed by atoms with E-state index >= 15 is 0 Å².